The molecule has 0 aliphatic heterocycles. The summed E-state index contributed by atoms with van der Waals surface area (Å²) in [5, 5.41) is 11.9. The Bertz CT molecular complexity index is 722. The third kappa shape index (κ3) is 4.83. The smallest absolute Gasteiger partial charge is 0.238 e. The van der Waals surface area contributed by atoms with Crippen molar-refractivity contribution < 1.29 is 9.53 Å². The number of anilines is 1. The number of carbonyl (C=O) groups is 1. The van der Waals surface area contributed by atoms with Crippen LogP contribution in [-0.4, -0.2) is 31.5 Å². The van der Waals surface area contributed by atoms with E-state index in [9.17, 15) is 4.79 Å². The van der Waals surface area contributed by atoms with Crippen molar-refractivity contribution in [2.24, 2.45) is 0 Å². The van der Waals surface area contributed by atoms with Crippen LogP contribution in [0.2, 0.25) is 0 Å². The Labute approximate surface area is 136 Å². The molecule has 0 bridgehead atoms. The SMILES string of the molecule is COc1cccc(NC(=O)CN(C)Cc2ccccc2C#N)c1. The zero-order valence-electron chi connectivity index (χ0n) is 13.2. The van der Waals surface area contributed by atoms with Crippen molar-refractivity contribution in [3.05, 3.63) is 59.7 Å². The molecule has 1 amide bonds. The molecule has 2 aromatic rings. The highest BCUT2D eigenvalue weighted by Gasteiger charge is 2.10. The fourth-order valence-corrected chi connectivity index (χ4v) is 2.26. The van der Waals surface area contributed by atoms with Gasteiger partial charge in [0.25, 0.3) is 0 Å². The summed E-state index contributed by atoms with van der Waals surface area (Å²) in [6.07, 6.45) is 0. The minimum Gasteiger partial charge on any atom is -0.497 e. The fourth-order valence-electron chi connectivity index (χ4n) is 2.26. The lowest BCUT2D eigenvalue weighted by Crippen LogP contribution is -2.30. The van der Waals surface area contributed by atoms with Crippen LogP contribution in [0.1, 0.15) is 11.1 Å². The van der Waals surface area contributed by atoms with E-state index < -0.39 is 0 Å². The lowest BCUT2D eigenvalue weighted by molar-refractivity contribution is -0.117. The topological polar surface area (TPSA) is 65.4 Å². The number of ether oxygens (including phenoxy) is 1. The molecule has 118 valence electrons. The Balaban J connectivity index is 1.93. The van der Waals surface area contributed by atoms with Gasteiger partial charge in [-0.15, -0.1) is 0 Å². The van der Waals surface area contributed by atoms with E-state index in [0.29, 0.717) is 23.5 Å². The van der Waals surface area contributed by atoms with Gasteiger partial charge in [-0.25, -0.2) is 0 Å². The van der Waals surface area contributed by atoms with E-state index in [1.807, 2.05) is 48.3 Å². The van der Waals surface area contributed by atoms with Crippen LogP contribution in [0.3, 0.4) is 0 Å². The summed E-state index contributed by atoms with van der Waals surface area (Å²) < 4.78 is 5.13. The zero-order chi connectivity index (χ0) is 16.7. The highest BCUT2D eigenvalue weighted by Crippen LogP contribution is 2.16. The molecular formula is C18H19N3O2. The van der Waals surface area contributed by atoms with E-state index in [4.69, 9.17) is 10.00 Å². The average molecular weight is 309 g/mol. The molecule has 0 saturated heterocycles. The maximum atomic E-state index is 12.1. The summed E-state index contributed by atoms with van der Waals surface area (Å²) in [5.41, 5.74) is 2.24. The van der Waals surface area contributed by atoms with E-state index in [0.717, 1.165) is 5.56 Å². The van der Waals surface area contributed by atoms with Gasteiger partial charge >= 0.3 is 0 Å². The molecule has 5 nitrogen and oxygen atoms in total. The molecular weight excluding hydrogens is 290 g/mol. The Morgan fingerprint density at radius 3 is 2.78 bits per heavy atom. The molecule has 0 aliphatic carbocycles. The number of benzene rings is 2. The van der Waals surface area contributed by atoms with Crippen LogP contribution >= 0.6 is 0 Å². The summed E-state index contributed by atoms with van der Waals surface area (Å²) in [5.74, 6) is 0.578. The number of methoxy groups -OCH3 is 1. The van der Waals surface area contributed by atoms with Gasteiger partial charge in [0, 0.05) is 18.3 Å². The minimum absolute atomic E-state index is 0.116. The van der Waals surface area contributed by atoms with Gasteiger partial charge in [0.05, 0.1) is 25.3 Å². The number of nitriles is 1. The standard InChI is InChI=1S/C18H19N3O2/c1-21(12-15-7-4-3-6-14(15)11-19)13-18(22)20-16-8-5-9-17(10-16)23-2/h3-10H,12-13H2,1-2H3,(H,20,22). The van der Waals surface area contributed by atoms with Crippen molar-refractivity contribution in [1.82, 2.24) is 4.90 Å². The van der Waals surface area contributed by atoms with E-state index in [-0.39, 0.29) is 12.5 Å². The molecule has 0 spiro atoms. The molecule has 0 heterocycles. The minimum atomic E-state index is -0.116. The van der Waals surface area contributed by atoms with Gasteiger partial charge in [0.15, 0.2) is 0 Å². The molecule has 2 aromatic carbocycles. The van der Waals surface area contributed by atoms with Crippen LogP contribution in [-0.2, 0) is 11.3 Å². The van der Waals surface area contributed by atoms with Gasteiger partial charge in [-0.2, -0.15) is 5.26 Å². The normalized spacial score (nSPS) is 10.2. The quantitative estimate of drug-likeness (QED) is 0.891. The summed E-state index contributed by atoms with van der Waals surface area (Å²) in [4.78, 5) is 14.0. The fraction of sp³-hybridized carbons (Fsp3) is 0.222. The highest BCUT2D eigenvalue weighted by atomic mass is 16.5. The summed E-state index contributed by atoms with van der Waals surface area (Å²) in [6.45, 7) is 0.770. The second-order valence-corrected chi connectivity index (χ2v) is 5.22. The second kappa shape index (κ2) is 7.97. The van der Waals surface area contributed by atoms with Crippen LogP contribution in [0.4, 0.5) is 5.69 Å². The lowest BCUT2D eigenvalue weighted by Gasteiger charge is -2.17. The summed E-state index contributed by atoms with van der Waals surface area (Å²) in [7, 11) is 3.43. The van der Waals surface area contributed by atoms with E-state index in [2.05, 4.69) is 11.4 Å². The molecule has 1 N–H and O–H groups in total. The van der Waals surface area contributed by atoms with Crippen molar-refractivity contribution >= 4 is 11.6 Å². The molecule has 2 rings (SSSR count). The number of likely N-dealkylation sites (N-methyl/N-ethyl adjacent to an activating group) is 1. The maximum absolute atomic E-state index is 12.1. The van der Waals surface area contributed by atoms with Crippen LogP contribution in [0.5, 0.6) is 5.75 Å². The van der Waals surface area contributed by atoms with E-state index in [1.54, 1.807) is 19.2 Å². The average Bonchev–Trinajstić information content (AvgIpc) is 2.55. The third-order valence-electron chi connectivity index (χ3n) is 3.35. The predicted molar refractivity (Wildman–Crippen MR) is 89.1 cm³/mol. The molecule has 5 heteroatoms. The number of nitrogens with one attached hydrogen (secondary N) is 1. The van der Waals surface area contributed by atoms with E-state index in [1.165, 1.54) is 0 Å². The van der Waals surface area contributed by atoms with Gasteiger partial charge < -0.3 is 10.1 Å². The maximum Gasteiger partial charge on any atom is 0.238 e. The van der Waals surface area contributed by atoms with Gasteiger partial charge in [-0.1, -0.05) is 24.3 Å². The van der Waals surface area contributed by atoms with E-state index >= 15 is 0 Å². The first-order chi connectivity index (χ1) is 11.1. The number of carbonyl (C=O) groups excluding carboxylic acids is 1. The number of hydrogen-bond donors (Lipinski definition) is 1. The summed E-state index contributed by atoms with van der Waals surface area (Å²) >= 11 is 0. The Hall–Kier alpha value is -2.84. The molecule has 0 unspecified atom stereocenters. The first kappa shape index (κ1) is 16.5. The Kier molecular flexibility index (Phi) is 5.73. The molecule has 0 fully saturated rings. The zero-order valence-corrected chi connectivity index (χ0v) is 13.2. The Morgan fingerprint density at radius 2 is 2.04 bits per heavy atom. The first-order valence-corrected chi connectivity index (χ1v) is 7.23. The predicted octanol–water partition coefficient (Wildman–Crippen LogP) is 2.64. The van der Waals surface area contributed by atoms with Crippen LogP contribution in [0.15, 0.2) is 48.5 Å². The third-order valence-corrected chi connectivity index (χ3v) is 3.35. The molecule has 0 aromatic heterocycles. The van der Waals surface area contributed by atoms with Crippen molar-refractivity contribution in [3.8, 4) is 11.8 Å². The van der Waals surface area contributed by atoms with Crippen molar-refractivity contribution in [2.75, 3.05) is 26.0 Å². The Morgan fingerprint density at radius 1 is 1.26 bits per heavy atom. The first-order valence-electron chi connectivity index (χ1n) is 7.23. The second-order valence-electron chi connectivity index (χ2n) is 5.22. The molecule has 0 aliphatic rings. The monoisotopic (exact) mass is 309 g/mol. The highest BCUT2D eigenvalue weighted by molar-refractivity contribution is 5.92. The molecule has 23 heavy (non-hydrogen) atoms. The number of rotatable bonds is 6. The van der Waals surface area contributed by atoms with Gasteiger partial charge in [0.1, 0.15) is 5.75 Å². The molecule has 0 atom stereocenters. The number of nitrogens with zero attached hydrogens (tertiary/aromatic N) is 2. The lowest BCUT2D eigenvalue weighted by atomic mass is 10.1. The van der Waals surface area contributed by atoms with Crippen molar-refractivity contribution in [3.63, 3.8) is 0 Å². The molecule has 0 radical (unpaired) electrons. The van der Waals surface area contributed by atoms with Crippen molar-refractivity contribution in [1.29, 1.82) is 5.26 Å². The largest absolute Gasteiger partial charge is 0.497 e. The van der Waals surface area contributed by atoms with Crippen LogP contribution < -0.4 is 10.1 Å². The number of hydrogen-bond acceptors (Lipinski definition) is 4. The van der Waals surface area contributed by atoms with Gasteiger partial charge in [0.2, 0.25) is 5.91 Å². The molecule has 0 saturated carbocycles. The number of amides is 1. The van der Waals surface area contributed by atoms with Crippen LogP contribution in [0, 0.1) is 11.3 Å². The van der Waals surface area contributed by atoms with Gasteiger partial charge in [-0.05, 0) is 30.8 Å². The summed E-state index contributed by atoms with van der Waals surface area (Å²) in [6, 6.07) is 16.8. The van der Waals surface area contributed by atoms with Crippen molar-refractivity contribution in [2.45, 2.75) is 6.54 Å². The van der Waals surface area contributed by atoms with Gasteiger partial charge in [-0.3, -0.25) is 9.69 Å². The van der Waals surface area contributed by atoms with Crippen LogP contribution in [0.25, 0.3) is 0 Å².